The van der Waals surface area contributed by atoms with Crippen LogP contribution in [-0.4, -0.2) is 74.3 Å². The van der Waals surface area contributed by atoms with Crippen LogP contribution >= 0.6 is 39.3 Å². The number of hydrogen-bond acceptors (Lipinski definition) is 5. The van der Waals surface area contributed by atoms with Crippen LogP contribution in [-0.2, 0) is 20.8 Å². The van der Waals surface area contributed by atoms with E-state index in [1.165, 1.54) is 0 Å². The lowest BCUT2D eigenvalue weighted by Crippen LogP contribution is -2.58. The molecule has 0 saturated carbocycles. The Labute approximate surface area is 293 Å². The molecule has 3 aromatic carbocycles. The fraction of sp³-hybridized carbons (Fsp3) is 0.324. The molecule has 7 nitrogen and oxygen atoms in total. The SMILES string of the molecule is C=CCN(C(=O)C1N([C@@H](CO)Cc2ccccc2)C(=O)[C@@H]2[C@@H](C(=O)N(CC=C)c3ccccc3)[C@@H]3SC12CC3Br)c1ccc(Cl)cc1. The number of para-hydroxylation sites is 1. The van der Waals surface area contributed by atoms with E-state index in [2.05, 4.69) is 29.1 Å². The van der Waals surface area contributed by atoms with E-state index in [1.54, 1.807) is 62.9 Å². The highest BCUT2D eigenvalue weighted by molar-refractivity contribution is 9.09. The van der Waals surface area contributed by atoms with Gasteiger partial charge in [0.2, 0.25) is 11.8 Å². The fourth-order valence-electron chi connectivity index (χ4n) is 7.62. The number of carbonyl (C=O) groups is 3. The van der Waals surface area contributed by atoms with Crippen molar-refractivity contribution >= 4 is 68.4 Å². The largest absolute Gasteiger partial charge is 0.394 e. The Bertz CT molecular complexity index is 1640. The minimum atomic E-state index is -0.936. The van der Waals surface area contributed by atoms with Crippen molar-refractivity contribution in [1.82, 2.24) is 4.90 Å². The molecule has 47 heavy (non-hydrogen) atoms. The maximum atomic E-state index is 15.0. The van der Waals surface area contributed by atoms with Gasteiger partial charge in [-0.05, 0) is 54.8 Å². The number of fused-ring (bicyclic) bond motifs is 1. The zero-order valence-electron chi connectivity index (χ0n) is 25.8. The number of nitrogens with zero attached hydrogens (tertiary/aromatic N) is 3. The molecule has 6 rings (SSSR count). The van der Waals surface area contributed by atoms with Gasteiger partial charge in [0.1, 0.15) is 6.04 Å². The quantitative estimate of drug-likeness (QED) is 0.179. The Hall–Kier alpha value is -3.37. The summed E-state index contributed by atoms with van der Waals surface area (Å²) in [4.78, 5) is 49.5. The van der Waals surface area contributed by atoms with Crippen LogP contribution in [0, 0.1) is 11.8 Å². The monoisotopic (exact) mass is 733 g/mol. The number of aliphatic hydroxyl groups excluding tert-OH is 1. The predicted molar refractivity (Wildman–Crippen MR) is 193 cm³/mol. The van der Waals surface area contributed by atoms with Crippen LogP contribution in [0.2, 0.25) is 5.02 Å². The summed E-state index contributed by atoms with van der Waals surface area (Å²) in [5.41, 5.74) is 2.28. The lowest BCUT2D eigenvalue weighted by Gasteiger charge is -2.40. The van der Waals surface area contributed by atoms with E-state index in [0.29, 0.717) is 23.6 Å². The molecule has 7 atom stereocenters. The smallest absolute Gasteiger partial charge is 0.251 e. The Balaban J connectivity index is 1.47. The molecule has 3 amide bonds. The lowest BCUT2D eigenvalue weighted by atomic mass is 9.70. The first-order valence-electron chi connectivity index (χ1n) is 15.7. The molecule has 244 valence electrons. The Morgan fingerprint density at radius 1 is 0.957 bits per heavy atom. The van der Waals surface area contributed by atoms with Gasteiger partial charge in [0, 0.05) is 39.6 Å². The average molecular weight is 735 g/mol. The van der Waals surface area contributed by atoms with Crippen molar-refractivity contribution in [3.8, 4) is 0 Å². The van der Waals surface area contributed by atoms with Crippen molar-refractivity contribution in [1.29, 1.82) is 0 Å². The van der Waals surface area contributed by atoms with Gasteiger partial charge >= 0.3 is 0 Å². The number of halogens is 2. The molecule has 0 aliphatic carbocycles. The van der Waals surface area contributed by atoms with Gasteiger partial charge < -0.3 is 19.8 Å². The van der Waals surface area contributed by atoms with Gasteiger partial charge in [-0.2, -0.15) is 0 Å². The number of thioether (sulfide) groups is 1. The topological polar surface area (TPSA) is 81.2 Å². The third-order valence-corrected chi connectivity index (χ3v) is 13.0. The maximum absolute atomic E-state index is 15.0. The lowest BCUT2D eigenvalue weighted by molar-refractivity contribution is -0.141. The molecule has 3 aromatic rings. The van der Waals surface area contributed by atoms with Gasteiger partial charge in [-0.25, -0.2) is 0 Å². The molecule has 0 radical (unpaired) electrons. The third kappa shape index (κ3) is 5.96. The molecule has 3 saturated heterocycles. The van der Waals surface area contributed by atoms with Gasteiger partial charge in [0.15, 0.2) is 0 Å². The first kappa shape index (κ1) is 33.5. The zero-order chi connectivity index (χ0) is 33.3. The van der Waals surface area contributed by atoms with Crippen molar-refractivity contribution < 1.29 is 19.5 Å². The van der Waals surface area contributed by atoms with Gasteiger partial charge in [0.05, 0.1) is 29.2 Å². The Morgan fingerprint density at radius 2 is 1.53 bits per heavy atom. The summed E-state index contributed by atoms with van der Waals surface area (Å²) in [7, 11) is 0. The summed E-state index contributed by atoms with van der Waals surface area (Å²) in [5.74, 6) is -2.17. The molecule has 3 unspecified atom stereocenters. The fourth-order valence-corrected chi connectivity index (χ4v) is 11.3. The standard InChI is InChI=1S/C37H37BrClN3O4S/c1-3-19-40(26-13-9-6-10-14-26)34(44)30-31-35(45)42(28(23-43)21-24-11-7-5-8-12-24)33(37(31)22-29(38)32(30)47-37)36(46)41(20-4-2)27-17-15-25(39)16-18-27/h3-18,28-33,43H,1-2,19-23H2/t28-,29?,30-,31+,32-,33?,37?/m1/s1. The molecular formula is C37H37BrClN3O4S. The average Bonchev–Trinajstić information content (AvgIpc) is 3.69. The molecule has 3 aliphatic heterocycles. The zero-order valence-corrected chi connectivity index (χ0v) is 29.0. The Morgan fingerprint density at radius 3 is 2.13 bits per heavy atom. The predicted octanol–water partition coefficient (Wildman–Crippen LogP) is 6.15. The summed E-state index contributed by atoms with van der Waals surface area (Å²) in [6.45, 7) is 7.94. The third-order valence-electron chi connectivity index (χ3n) is 9.53. The molecular weight excluding hydrogens is 698 g/mol. The van der Waals surface area contributed by atoms with Gasteiger partial charge in [-0.3, -0.25) is 14.4 Å². The number of rotatable bonds is 12. The highest BCUT2D eigenvalue weighted by atomic mass is 79.9. The van der Waals surface area contributed by atoms with Crippen LogP contribution in [0.5, 0.6) is 0 Å². The van der Waals surface area contributed by atoms with E-state index in [4.69, 9.17) is 11.6 Å². The van der Waals surface area contributed by atoms with Crippen LogP contribution in [0.4, 0.5) is 11.4 Å². The molecule has 0 aromatic heterocycles. The van der Waals surface area contributed by atoms with E-state index in [9.17, 15) is 14.7 Å². The second-order valence-electron chi connectivity index (χ2n) is 12.2. The van der Waals surface area contributed by atoms with Crippen LogP contribution in [0.1, 0.15) is 12.0 Å². The first-order valence-corrected chi connectivity index (χ1v) is 17.9. The van der Waals surface area contributed by atoms with E-state index in [1.807, 2.05) is 60.7 Å². The number of benzene rings is 3. The maximum Gasteiger partial charge on any atom is 0.251 e. The van der Waals surface area contributed by atoms with Crippen molar-refractivity contribution in [2.75, 3.05) is 29.5 Å². The molecule has 1 N–H and O–H groups in total. The van der Waals surface area contributed by atoms with Gasteiger partial charge in [-0.1, -0.05) is 88.2 Å². The highest BCUT2D eigenvalue weighted by Crippen LogP contribution is 2.68. The number of alkyl halides is 1. The number of carbonyl (C=O) groups excluding carboxylic acids is 3. The van der Waals surface area contributed by atoms with Crippen LogP contribution < -0.4 is 9.80 Å². The van der Waals surface area contributed by atoms with Crippen LogP contribution in [0.15, 0.2) is 110 Å². The number of likely N-dealkylation sites (tertiary alicyclic amines) is 1. The number of hydrogen-bond donors (Lipinski definition) is 1. The second-order valence-corrected chi connectivity index (χ2v) is 15.4. The van der Waals surface area contributed by atoms with Crippen molar-refractivity contribution in [2.24, 2.45) is 11.8 Å². The van der Waals surface area contributed by atoms with E-state index in [0.717, 1.165) is 11.3 Å². The molecule has 10 heteroatoms. The molecule has 3 aliphatic rings. The van der Waals surface area contributed by atoms with Crippen LogP contribution in [0.3, 0.4) is 0 Å². The normalized spacial score (nSPS) is 26.5. The van der Waals surface area contributed by atoms with E-state index in [-0.39, 0.29) is 47.5 Å². The molecule has 1 spiro atoms. The van der Waals surface area contributed by atoms with Gasteiger partial charge in [0.25, 0.3) is 5.91 Å². The summed E-state index contributed by atoms with van der Waals surface area (Å²) in [5, 5.41) is 11.2. The number of aliphatic hydroxyl groups is 1. The van der Waals surface area contributed by atoms with Crippen molar-refractivity contribution in [3.05, 3.63) is 121 Å². The van der Waals surface area contributed by atoms with E-state index >= 15 is 4.79 Å². The highest BCUT2D eigenvalue weighted by Gasteiger charge is 2.76. The second kappa shape index (κ2) is 14.0. The summed E-state index contributed by atoms with van der Waals surface area (Å²) in [6, 6.07) is 24.4. The van der Waals surface area contributed by atoms with Gasteiger partial charge in [-0.15, -0.1) is 24.9 Å². The summed E-state index contributed by atoms with van der Waals surface area (Å²) >= 11 is 11.7. The summed E-state index contributed by atoms with van der Waals surface area (Å²) < 4.78 is -0.903. The molecule has 3 heterocycles. The Kier molecular flexibility index (Phi) is 9.99. The van der Waals surface area contributed by atoms with E-state index < -0.39 is 28.7 Å². The first-order chi connectivity index (χ1) is 22.7. The minimum absolute atomic E-state index is 0.104. The minimum Gasteiger partial charge on any atom is -0.394 e. The summed E-state index contributed by atoms with van der Waals surface area (Å²) in [6.07, 6.45) is 4.22. The van der Waals surface area contributed by atoms with Crippen molar-refractivity contribution in [3.63, 3.8) is 0 Å². The van der Waals surface area contributed by atoms with Crippen LogP contribution in [0.25, 0.3) is 0 Å². The number of amides is 3. The van der Waals surface area contributed by atoms with Crippen molar-refractivity contribution in [2.45, 2.75) is 39.7 Å². The number of anilines is 2. The molecule has 2 bridgehead atoms. The molecule has 3 fully saturated rings.